The molecule has 0 radical (unpaired) electrons. The van der Waals surface area contributed by atoms with Gasteiger partial charge in [0.25, 0.3) is 0 Å². The van der Waals surface area contributed by atoms with Crippen molar-refractivity contribution in [2.75, 3.05) is 24.0 Å². The summed E-state index contributed by atoms with van der Waals surface area (Å²) < 4.78 is 0. The summed E-state index contributed by atoms with van der Waals surface area (Å²) in [5.74, 6) is -1.73. The van der Waals surface area contributed by atoms with Crippen molar-refractivity contribution in [3.05, 3.63) is 0 Å². The second-order valence-electron chi connectivity index (χ2n) is 7.04. The zero-order chi connectivity index (χ0) is 22.6. The van der Waals surface area contributed by atoms with E-state index in [0.717, 1.165) is 0 Å². The molecule has 168 valence electrons. The first-order valence-electron chi connectivity index (χ1n) is 9.42. The average Bonchev–Trinajstić information content (AvgIpc) is 2.64. The Hall–Kier alpha value is -1.46. The number of hydrogen-bond acceptors (Lipinski definition) is 7. The lowest BCUT2D eigenvalue weighted by molar-refractivity contribution is -0.143. The third-order valence-corrected chi connectivity index (χ3v) is 5.42. The van der Waals surface area contributed by atoms with Crippen LogP contribution in [0.2, 0.25) is 0 Å². The number of thioether (sulfide) groups is 2. The summed E-state index contributed by atoms with van der Waals surface area (Å²) in [6, 6.07) is -3.55. The number of carboxylic acid groups (broad SMARTS) is 1. The second kappa shape index (κ2) is 14.5. The van der Waals surface area contributed by atoms with E-state index in [1.807, 2.05) is 12.5 Å². The van der Waals surface area contributed by atoms with Gasteiger partial charge < -0.3 is 26.8 Å². The number of nitrogens with one attached hydrogen (secondary N) is 3. The molecule has 0 bridgehead atoms. The van der Waals surface area contributed by atoms with Crippen molar-refractivity contribution >= 4 is 47.2 Å². The van der Waals surface area contributed by atoms with Crippen molar-refractivity contribution in [3.8, 4) is 0 Å². The van der Waals surface area contributed by atoms with Crippen molar-refractivity contribution in [2.24, 2.45) is 11.7 Å². The molecule has 0 fully saturated rings. The molecule has 0 rings (SSSR count). The molecule has 0 aliphatic rings. The maximum Gasteiger partial charge on any atom is 0.326 e. The van der Waals surface area contributed by atoms with Gasteiger partial charge in [-0.1, -0.05) is 13.8 Å². The Morgan fingerprint density at radius 2 is 1.24 bits per heavy atom. The number of nitrogens with two attached hydrogens (primary N) is 1. The molecular formula is C18H34N4O5S2. The van der Waals surface area contributed by atoms with E-state index in [9.17, 15) is 24.3 Å². The number of carboxylic acids is 1. The van der Waals surface area contributed by atoms with E-state index in [0.29, 0.717) is 24.3 Å². The Labute approximate surface area is 181 Å². The third-order valence-electron chi connectivity index (χ3n) is 4.13. The maximum atomic E-state index is 12.8. The first-order valence-corrected chi connectivity index (χ1v) is 12.2. The molecule has 4 atom stereocenters. The van der Waals surface area contributed by atoms with E-state index in [1.165, 1.54) is 30.4 Å². The van der Waals surface area contributed by atoms with Gasteiger partial charge in [-0.15, -0.1) is 0 Å². The number of carbonyl (C=O) groups excluding carboxylic acids is 3. The highest BCUT2D eigenvalue weighted by Gasteiger charge is 2.30. The van der Waals surface area contributed by atoms with Gasteiger partial charge in [0.2, 0.25) is 17.7 Å². The van der Waals surface area contributed by atoms with Crippen molar-refractivity contribution in [1.29, 1.82) is 0 Å². The van der Waals surface area contributed by atoms with E-state index < -0.39 is 47.9 Å². The van der Waals surface area contributed by atoms with E-state index in [-0.39, 0.29) is 5.92 Å². The van der Waals surface area contributed by atoms with Crippen LogP contribution in [-0.2, 0) is 19.2 Å². The molecule has 9 nitrogen and oxygen atoms in total. The minimum atomic E-state index is -1.13. The molecule has 3 amide bonds. The SMILES string of the molecule is CSCCC(NC(=O)C(C)N)C(=O)NC(CCSC)C(=O)NC(C(=O)O)C(C)C. The normalized spacial score (nSPS) is 15.1. The Morgan fingerprint density at radius 3 is 1.59 bits per heavy atom. The van der Waals surface area contributed by atoms with Crippen molar-refractivity contribution in [1.82, 2.24) is 16.0 Å². The van der Waals surface area contributed by atoms with Crippen LogP contribution in [0, 0.1) is 5.92 Å². The standard InChI is InChI=1S/C18H34N4O5S2/c1-10(2)14(18(26)27)22-17(25)13(7-9-29-5)21-16(24)12(6-8-28-4)20-15(23)11(3)19/h10-14H,6-9,19H2,1-5H3,(H,20,23)(H,21,24)(H,22,25)(H,26,27). The molecule has 0 saturated heterocycles. The molecule has 0 aliphatic heterocycles. The monoisotopic (exact) mass is 450 g/mol. The molecule has 29 heavy (non-hydrogen) atoms. The van der Waals surface area contributed by atoms with E-state index in [4.69, 9.17) is 5.73 Å². The van der Waals surface area contributed by atoms with Gasteiger partial charge in [-0.3, -0.25) is 14.4 Å². The average molecular weight is 451 g/mol. The Morgan fingerprint density at radius 1 is 0.828 bits per heavy atom. The summed E-state index contributed by atoms with van der Waals surface area (Å²) in [5.41, 5.74) is 5.57. The molecule has 0 heterocycles. The quantitative estimate of drug-likeness (QED) is 0.249. The van der Waals surface area contributed by atoms with Crippen LogP contribution in [0.3, 0.4) is 0 Å². The zero-order valence-electron chi connectivity index (χ0n) is 17.7. The van der Waals surface area contributed by atoms with E-state index >= 15 is 0 Å². The number of amides is 3. The van der Waals surface area contributed by atoms with Gasteiger partial charge in [-0.2, -0.15) is 23.5 Å². The highest BCUT2D eigenvalue weighted by Crippen LogP contribution is 2.07. The summed E-state index contributed by atoms with van der Waals surface area (Å²) in [6.07, 6.45) is 4.47. The highest BCUT2D eigenvalue weighted by molar-refractivity contribution is 7.98. The Kier molecular flexibility index (Phi) is 13.8. The first kappa shape index (κ1) is 27.5. The van der Waals surface area contributed by atoms with E-state index in [2.05, 4.69) is 16.0 Å². The molecule has 0 aromatic heterocycles. The van der Waals surface area contributed by atoms with Gasteiger partial charge in [0.05, 0.1) is 6.04 Å². The topological polar surface area (TPSA) is 151 Å². The fourth-order valence-electron chi connectivity index (χ4n) is 2.35. The summed E-state index contributed by atoms with van der Waals surface area (Å²) in [6.45, 7) is 4.90. The number of carbonyl (C=O) groups is 4. The van der Waals surface area contributed by atoms with Crippen LogP contribution in [0.4, 0.5) is 0 Å². The lowest BCUT2D eigenvalue weighted by Crippen LogP contribution is -2.57. The van der Waals surface area contributed by atoms with Crippen molar-refractivity contribution in [2.45, 2.75) is 57.8 Å². The lowest BCUT2D eigenvalue weighted by Gasteiger charge is -2.25. The van der Waals surface area contributed by atoms with Crippen LogP contribution in [0.1, 0.15) is 33.6 Å². The lowest BCUT2D eigenvalue weighted by atomic mass is 10.0. The number of aliphatic carboxylic acids is 1. The summed E-state index contributed by atoms with van der Waals surface area (Å²) >= 11 is 3.03. The summed E-state index contributed by atoms with van der Waals surface area (Å²) in [7, 11) is 0. The second-order valence-corrected chi connectivity index (χ2v) is 9.01. The van der Waals surface area contributed by atoms with Gasteiger partial charge in [0.15, 0.2) is 0 Å². The molecule has 0 aliphatic carbocycles. The highest BCUT2D eigenvalue weighted by atomic mass is 32.2. The van der Waals surface area contributed by atoms with E-state index in [1.54, 1.807) is 13.8 Å². The predicted octanol–water partition coefficient (Wildman–Crippen LogP) is 0.0348. The minimum absolute atomic E-state index is 0.312. The first-order chi connectivity index (χ1) is 13.5. The summed E-state index contributed by atoms with van der Waals surface area (Å²) in [5, 5.41) is 17.1. The van der Waals surface area contributed by atoms with Gasteiger partial charge in [-0.25, -0.2) is 4.79 Å². The molecule has 11 heteroatoms. The zero-order valence-corrected chi connectivity index (χ0v) is 19.3. The molecule has 4 unspecified atom stereocenters. The summed E-state index contributed by atoms with van der Waals surface area (Å²) in [4.78, 5) is 48.7. The molecule has 0 saturated carbocycles. The van der Waals surface area contributed by atoms with Gasteiger partial charge >= 0.3 is 5.97 Å². The van der Waals surface area contributed by atoms with Crippen LogP contribution in [0.25, 0.3) is 0 Å². The minimum Gasteiger partial charge on any atom is -0.480 e. The van der Waals surface area contributed by atoms with Crippen LogP contribution in [0.5, 0.6) is 0 Å². The van der Waals surface area contributed by atoms with Crippen molar-refractivity contribution < 1.29 is 24.3 Å². The van der Waals surface area contributed by atoms with Gasteiger partial charge in [0.1, 0.15) is 18.1 Å². The molecule has 0 aromatic carbocycles. The van der Waals surface area contributed by atoms with Crippen LogP contribution < -0.4 is 21.7 Å². The van der Waals surface area contributed by atoms with Gasteiger partial charge in [0, 0.05) is 0 Å². The van der Waals surface area contributed by atoms with Gasteiger partial charge in [-0.05, 0) is 49.7 Å². The number of rotatable bonds is 14. The van der Waals surface area contributed by atoms with Crippen LogP contribution >= 0.6 is 23.5 Å². The third kappa shape index (κ3) is 10.8. The molecule has 6 N–H and O–H groups in total. The molecular weight excluding hydrogens is 416 g/mol. The predicted molar refractivity (Wildman–Crippen MR) is 118 cm³/mol. The van der Waals surface area contributed by atoms with Crippen LogP contribution in [-0.4, -0.2) is 77.0 Å². The maximum absolute atomic E-state index is 12.8. The molecule has 0 spiro atoms. The van der Waals surface area contributed by atoms with Crippen molar-refractivity contribution in [3.63, 3.8) is 0 Å². The molecule has 0 aromatic rings. The fraction of sp³-hybridized carbons (Fsp3) is 0.778. The Balaban J connectivity index is 5.31. The Bertz CT molecular complexity index is 560. The smallest absolute Gasteiger partial charge is 0.326 e. The largest absolute Gasteiger partial charge is 0.480 e. The number of hydrogen-bond donors (Lipinski definition) is 5. The fourth-order valence-corrected chi connectivity index (χ4v) is 3.29. The van der Waals surface area contributed by atoms with Crippen LogP contribution in [0.15, 0.2) is 0 Å².